The van der Waals surface area contributed by atoms with Crippen LogP contribution in [0.3, 0.4) is 0 Å². The molecule has 67 heavy (non-hydrogen) atoms. The number of hydrogen-bond acceptors (Lipinski definition) is 8. The maximum atomic E-state index is 12.9. The third-order valence-electron chi connectivity index (χ3n) is 13.1. The van der Waals surface area contributed by atoms with Gasteiger partial charge in [0.15, 0.2) is 6.29 Å². The first-order valence-corrected chi connectivity index (χ1v) is 28.0. The molecule has 6 N–H and O–H groups in total. The van der Waals surface area contributed by atoms with E-state index in [4.69, 9.17) is 9.47 Å². The van der Waals surface area contributed by atoms with Crippen molar-refractivity contribution < 1.29 is 39.8 Å². The van der Waals surface area contributed by atoms with Gasteiger partial charge in [-0.05, 0) is 44.9 Å². The highest BCUT2D eigenvalue weighted by atomic mass is 16.7. The van der Waals surface area contributed by atoms with Crippen LogP contribution in [0.1, 0.15) is 245 Å². The minimum Gasteiger partial charge on any atom is -0.394 e. The maximum Gasteiger partial charge on any atom is 0.220 e. The van der Waals surface area contributed by atoms with Crippen LogP contribution in [0.2, 0.25) is 0 Å². The van der Waals surface area contributed by atoms with Gasteiger partial charge in [0, 0.05) is 6.42 Å². The molecule has 1 heterocycles. The minimum absolute atomic E-state index is 0.219. The van der Waals surface area contributed by atoms with Gasteiger partial charge in [0.2, 0.25) is 5.91 Å². The number of carbonyl (C=O) groups is 1. The Morgan fingerprint density at radius 3 is 1.34 bits per heavy atom. The second-order valence-corrected chi connectivity index (χ2v) is 19.4. The average Bonchev–Trinajstić information content (AvgIpc) is 3.33. The van der Waals surface area contributed by atoms with Gasteiger partial charge >= 0.3 is 0 Å². The smallest absolute Gasteiger partial charge is 0.220 e. The van der Waals surface area contributed by atoms with Gasteiger partial charge < -0.3 is 40.3 Å². The highest BCUT2D eigenvalue weighted by Gasteiger charge is 2.44. The molecule has 0 saturated carbocycles. The van der Waals surface area contributed by atoms with Gasteiger partial charge in [-0.1, -0.05) is 254 Å². The molecule has 1 fully saturated rings. The molecule has 1 amide bonds. The van der Waals surface area contributed by atoms with Crippen molar-refractivity contribution >= 4 is 5.91 Å². The van der Waals surface area contributed by atoms with Crippen molar-refractivity contribution in [2.24, 2.45) is 0 Å². The van der Waals surface area contributed by atoms with Crippen LogP contribution in [0.4, 0.5) is 0 Å². The van der Waals surface area contributed by atoms with Crippen LogP contribution in [0, 0.1) is 0 Å². The summed E-state index contributed by atoms with van der Waals surface area (Å²) >= 11 is 0. The number of unbranched alkanes of at least 4 members (excludes halogenated alkanes) is 29. The molecule has 7 unspecified atom stereocenters. The van der Waals surface area contributed by atoms with E-state index >= 15 is 0 Å². The third kappa shape index (κ3) is 37.4. The van der Waals surface area contributed by atoms with Crippen molar-refractivity contribution in [3.05, 3.63) is 60.8 Å². The van der Waals surface area contributed by atoms with Gasteiger partial charge in [0.05, 0.1) is 25.4 Å². The zero-order chi connectivity index (χ0) is 48.7. The van der Waals surface area contributed by atoms with E-state index in [1.807, 2.05) is 18.2 Å². The second-order valence-electron chi connectivity index (χ2n) is 19.4. The monoisotopic (exact) mass is 944 g/mol. The summed E-state index contributed by atoms with van der Waals surface area (Å²) in [7, 11) is 0. The van der Waals surface area contributed by atoms with Crippen LogP contribution in [0.25, 0.3) is 0 Å². The highest BCUT2D eigenvalue weighted by molar-refractivity contribution is 5.76. The number of hydrogen-bond donors (Lipinski definition) is 6. The number of allylic oxidation sites excluding steroid dienone is 9. The molecule has 0 aromatic carbocycles. The minimum atomic E-state index is -1.58. The Kier molecular flexibility index (Phi) is 44.7. The van der Waals surface area contributed by atoms with Crippen molar-refractivity contribution in [1.29, 1.82) is 0 Å². The van der Waals surface area contributed by atoms with Crippen molar-refractivity contribution in [1.82, 2.24) is 5.32 Å². The Morgan fingerprint density at radius 2 is 0.925 bits per heavy atom. The normalized spacial score (nSPS) is 20.1. The molecule has 9 nitrogen and oxygen atoms in total. The number of aliphatic hydroxyl groups excluding tert-OH is 5. The zero-order valence-electron chi connectivity index (χ0n) is 43.1. The molecule has 1 aliphatic heterocycles. The van der Waals surface area contributed by atoms with Gasteiger partial charge in [-0.3, -0.25) is 4.79 Å². The van der Waals surface area contributed by atoms with Crippen LogP contribution in [0.5, 0.6) is 0 Å². The van der Waals surface area contributed by atoms with Crippen molar-refractivity contribution in [3.63, 3.8) is 0 Å². The summed E-state index contributed by atoms with van der Waals surface area (Å²) in [6, 6.07) is -0.845. The summed E-state index contributed by atoms with van der Waals surface area (Å²) in [5.74, 6) is -0.256. The molecule has 0 aromatic rings. The first kappa shape index (κ1) is 62.9. The van der Waals surface area contributed by atoms with Crippen LogP contribution in [-0.2, 0) is 14.3 Å². The molecule has 9 heteroatoms. The van der Waals surface area contributed by atoms with Gasteiger partial charge in [-0.15, -0.1) is 0 Å². The summed E-state index contributed by atoms with van der Waals surface area (Å²) < 4.78 is 11.2. The largest absolute Gasteiger partial charge is 0.394 e. The molecule has 0 bridgehead atoms. The van der Waals surface area contributed by atoms with Gasteiger partial charge in [-0.25, -0.2) is 0 Å². The first-order valence-electron chi connectivity index (χ1n) is 28.0. The molecular weight excluding hydrogens is 839 g/mol. The molecule has 0 aliphatic carbocycles. The average molecular weight is 944 g/mol. The fourth-order valence-electron chi connectivity index (χ4n) is 8.70. The van der Waals surface area contributed by atoms with E-state index in [1.165, 1.54) is 173 Å². The van der Waals surface area contributed by atoms with Gasteiger partial charge in [-0.2, -0.15) is 0 Å². The van der Waals surface area contributed by atoms with Gasteiger partial charge in [0.25, 0.3) is 0 Å². The van der Waals surface area contributed by atoms with Crippen molar-refractivity contribution in [3.8, 4) is 0 Å². The van der Waals surface area contributed by atoms with Crippen molar-refractivity contribution in [2.75, 3.05) is 13.2 Å². The lowest BCUT2D eigenvalue weighted by Crippen LogP contribution is -2.60. The SMILES string of the molecule is CC/C=C\C/C=C\C/C=C\C/C=C\CCC(=O)NC(COC1OC(CO)C(O)C(O)C1O)C(O)/C=C/CCCCCCCCCCCCCCCCCCCCCCCCCCCCCCC. The molecule has 0 spiro atoms. The van der Waals surface area contributed by atoms with Crippen LogP contribution in [0.15, 0.2) is 60.8 Å². The van der Waals surface area contributed by atoms with Crippen LogP contribution >= 0.6 is 0 Å². The fourth-order valence-corrected chi connectivity index (χ4v) is 8.70. The highest BCUT2D eigenvalue weighted by Crippen LogP contribution is 2.23. The molecule has 0 aromatic heterocycles. The Morgan fingerprint density at radius 1 is 0.522 bits per heavy atom. The number of rotatable bonds is 47. The summed E-state index contributed by atoms with van der Waals surface area (Å²) in [6.45, 7) is 3.63. The number of carbonyl (C=O) groups excluding carboxylic acids is 1. The Hall–Kier alpha value is -2.11. The van der Waals surface area contributed by atoms with Crippen LogP contribution in [-0.4, -0.2) is 87.5 Å². The van der Waals surface area contributed by atoms with E-state index in [0.29, 0.717) is 6.42 Å². The standard InChI is InChI=1S/C58H105NO8/c1-3-5-7-9-11-13-15-17-18-19-20-21-22-23-24-25-26-27-28-29-30-31-32-33-34-36-37-39-41-43-45-47-52(61)51(50-66-58-57(65)56(64)55(63)53(49-60)67-58)59-54(62)48-46-44-42-40-38-35-16-14-12-10-8-6-4-2/h6,8,12,14,35,38,42,44-45,47,51-53,55-58,60-61,63-65H,3-5,7,9-11,13,15-34,36-37,39-41,43,46,48-50H2,1-2H3,(H,59,62)/b8-6-,14-12-,38-35-,44-42-,47-45+. The fraction of sp³-hybridized carbons (Fsp3) is 0.810. The molecule has 1 saturated heterocycles. The lowest BCUT2D eigenvalue weighted by Gasteiger charge is -2.40. The summed E-state index contributed by atoms with van der Waals surface area (Å²) in [6.07, 6.45) is 57.6. The number of aliphatic hydroxyl groups is 5. The summed E-state index contributed by atoms with van der Waals surface area (Å²) in [5, 5.41) is 54.3. The van der Waals surface area contributed by atoms with Gasteiger partial charge in [0.1, 0.15) is 24.4 Å². The quantitative estimate of drug-likeness (QED) is 0.0261. The second kappa shape index (κ2) is 47.6. The molecule has 1 rings (SSSR count). The van der Waals surface area contributed by atoms with E-state index in [2.05, 4.69) is 55.6 Å². The lowest BCUT2D eigenvalue weighted by atomic mass is 9.99. The topological polar surface area (TPSA) is 149 Å². The molecule has 7 atom stereocenters. The van der Waals surface area contributed by atoms with E-state index < -0.39 is 49.5 Å². The van der Waals surface area contributed by atoms with Crippen molar-refractivity contribution in [2.45, 2.75) is 288 Å². The zero-order valence-corrected chi connectivity index (χ0v) is 43.1. The predicted molar refractivity (Wildman–Crippen MR) is 281 cm³/mol. The molecule has 390 valence electrons. The molecule has 0 radical (unpaired) electrons. The first-order chi connectivity index (χ1) is 32.8. The Bertz CT molecular complexity index is 1230. The number of nitrogens with one attached hydrogen (secondary N) is 1. The third-order valence-corrected chi connectivity index (χ3v) is 13.1. The maximum absolute atomic E-state index is 12.9. The van der Waals surface area contributed by atoms with Crippen LogP contribution < -0.4 is 5.32 Å². The number of amides is 1. The molecule has 1 aliphatic rings. The van der Waals surface area contributed by atoms with E-state index in [-0.39, 0.29) is 18.9 Å². The van der Waals surface area contributed by atoms with E-state index in [0.717, 1.165) is 44.9 Å². The Labute approximate surface area is 411 Å². The number of ether oxygens (including phenoxy) is 2. The summed E-state index contributed by atoms with van der Waals surface area (Å²) in [5.41, 5.74) is 0. The Balaban J connectivity index is 2.18. The predicted octanol–water partition coefficient (Wildman–Crippen LogP) is 13.5. The summed E-state index contributed by atoms with van der Waals surface area (Å²) in [4.78, 5) is 12.9. The lowest BCUT2D eigenvalue weighted by molar-refractivity contribution is -0.302. The molecular formula is C58H105NO8. The van der Waals surface area contributed by atoms with E-state index in [1.54, 1.807) is 6.08 Å². The van der Waals surface area contributed by atoms with E-state index in [9.17, 15) is 30.3 Å².